The number of hydrogen-bond donors (Lipinski definition) is 0. The Labute approximate surface area is 65.4 Å². The van der Waals surface area contributed by atoms with E-state index < -0.39 is 10.8 Å². The molecule has 0 radical (unpaired) electrons. The lowest BCUT2D eigenvalue weighted by Gasteiger charge is -1.91. The van der Waals surface area contributed by atoms with Gasteiger partial charge in [0.2, 0.25) is 5.95 Å². The van der Waals surface area contributed by atoms with E-state index in [1.165, 1.54) is 5.51 Å². The highest BCUT2D eigenvalue weighted by atomic mass is 35.5. The van der Waals surface area contributed by atoms with Crippen LogP contribution in [-0.2, 0) is 0 Å². The first kappa shape index (κ1) is 7.25. The predicted octanol–water partition coefficient (Wildman–Crippen LogP) is 2.76. The van der Waals surface area contributed by atoms with Gasteiger partial charge in [0.1, 0.15) is 4.84 Å². The van der Waals surface area contributed by atoms with Crippen LogP contribution in [-0.4, -0.2) is 4.98 Å². The zero-order valence-corrected chi connectivity index (χ0v) is 6.47. The molecule has 1 aromatic heterocycles. The van der Waals surface area contributed by atoms with Crippen molar-refractivity contribution >= 4 is 34.5 Å². The van der Waals surface area contributed by atoms with Crippen molar-refractivity contribution in [3.05, 3.63) is 16.3 Å². The molecular weight excluding hydrogens is 184 g/mol. The molecule has 0 bridgehead atoms. The van der Waals surface area contributed by atoms with Gasteiger partial charge in [-0.25, -0.2) is 4.98 Å². The molecule has 1 nitrogen and oxygen atoms in total. The fourth-order valence-electron chi connectivity index (χ4n) is 0.383. The highest BCUT2D eigenvalue weighted by Gasteiger charge is 2.11. The lowest BCUT2D eigenvalue weighted by molar-refractivity contribution is 0.582. The minimum atomic E-state index is -0.794. The molecule has 0 aliphatic rings. The molecule has 0 amide bonds. The van der Waals surface area contributed by atoms with Gasteiger partial charge in [0, 0.05) is 0 Å². The van der Waals surface area contributed by atoms with Gasteiger partial charge in [-0.2, -0.15) is 4.39 Å². The smallest absolute Gasteiger partial charge is 0.216 e. The summed E-state index contributed by atoms with van der Waals surface area (Å²) in [5, 5.41) is 0. The van der Waals surface area contributed by atoms with E-state index in [0.717, 1.165) is 11.3 Å². The van der Waals surface area contributed by atoms with Crippen LogP contribution in [0.4, 0.5) is 4.39 Å². The van der Waals surface area contributed by atoms with Crippen LogP contribution in [0.5, 0.6) is 0 Å². The number of aromatic nitrogens is 1. The van der Waals surface area contributed by atoms with Crippen LogP contribution in [0.2, 0.25) is 0 Å². The minimum Gasteiger partial charge on any atom is -0.216 e. The molecule has 0 fully saturated rings. The van der Waals surface area contributed by atoms with E-state index in [1.54, 1.807) is 0 Å². The Kier molecular flexibility index (Phi) is 2.27. The van der Waals surface area contributed by atoms with E-state index in [-0.39, 0.29) is 4.88 Å². The summed E-state index contributed by atoms with van der Waals surface area (Å²) in [5.41, 5.74) is 1.36. The van der Waals surface area contributed by atoms with Crippen LogP contribution in [0.1, 0.15) is 9.71 Å². The van der Waals surface area contributed by atoms with Crippen LogP contribution < -0.4 is 0 Å². The zero-order chi connectivity index (χ0) is 6.85. The van der Waals surface area contributed by atoms with Crippen LogP contribution in [0.3, 0.4) is 0 Å². The third kappa shape index (κ3) is 1.53. The van der Waals surface area contributed by atoms with Gasteiger partial charge in [-0.1, -0.05) is 23.2 Å². The Morgan fingerprint density at radius 3 is 2.56 bits per heavy atom. The number of rotatable bonds is 1. The minimum absolute atomic E-state index is 0.276. The second kappa shape index (κ2) is 2.82. The maximum Gasteiger partial charge on any atom is 0.229 e. The highest BCUT2D eigenvalue weighted by Crippen LogP contribution is 2.29. The molecule has 0 aromatic carbocycles. The Bertz CT molecular complexity index is 200. The third-order valence-corrected chi connectivity index (χ3v) is 2.31. The van der Waals surface area contributed by atoms with Gasteiger partial charge in [-0.05, 0) is 0 Å². The molecular formula is C4H2Cl2FNS. The molecule has 0 spiro atoms. The number of nitrogens with zero attached hydrogens (tertiary/aromatic N) is 1. The molecule has 1 heterocycles. The Morgan fingerprint density at radius 1 is 1.67 bits per heavy atom. The first-order valence-electron chi connectivity index (χ1n) is 2.09. The van der Waals surface area contributed by atoms with Gasteiger partial charge in [-0.15, -0.1) is 11.3 Å². The standard InChI is InChI=1S/C4H2Cl2FNS/c5-3(6)2-4(7)8-1-9-2/h1,3H. The lowest BCUT2D eigenvalue weighted by Crippen LogP contribution is -1.80. The highest BCUT2D eigenvalue weighted by molar-refractivity contribution is 7.10. The molecule has 0 saturated heterocycles. The monoisotopic (exact) mass is 185 g/mol. The van der Waals surface area contributed by atoms with Gasteiger partial charge in [-0.3, -0.25) is 0 Å². The Balaban J connectivity index is 2.94. The summed E-state index contributed by atoms with van der Waals surface area (Å²) < 4.78 is 12.3. The van der Waals surface area contributed by atoms with E-state index in [2.05, 4.69) is 4.98 Å². The average Bonchev–Trinajstić information content (AvgIpc) is 2.13. The van der Waals surface area contributed by atoms with Crippen LogP contribution in [0.25, 0.3) is 0 Å². The number of hydrogen-bond acceptors (Lipinski definition) is 2. The molecule has 9 heavy (non-hydrogen) atoms. The van der Waals surface area contributed by atoms with Gasteiger partial charge < -0.3 is 0 Å². The fourth-order valence-corrected chi connectivity index (χ4v) is 1.38. The quantitative estimate of drug-likeness (QED) is 0.614. The molecule has 0 saturated carbocycles. The maximum atomic E-state index is 12.3. The summed E-state index contributed by atoms with van der Waals surface area (Å²) in [6, 6.07) is 0. The normalized spacial score (nSPS) is 10.7. The van der Waals surface area contributed by atoms with Gasteiger partial charge in [0.25, 0.3) is 0 Å². The van der Waals surface area contributed by atoms with Crippen LogP contribution >= 0.6 is 34.5 Å². The number of alkyl halides is 2. The molecule has 5 heteroatoms. The molecule has 50 valence electrons. The first-order valence-corrected chi connectivity index (χ1v) is 3.84. The van der Waals surface area contributed by atoms with Crippen LogP contribution in [0, 0.1) is 5.95 Å². The Morgan fingerprint density at radius 2 is 2.33 bits per heavy atom. The molecule has 0 aliphatic carbocycles. The molecule has 1 rings (SSSR count). The first-order chi connectivity index (χ1) is 4.22. The molecule has 1 aromatic rings. The van der Waals surface area contributed by atoms with E-state index in [4.69, 9.17) is 23.2 Å². The topological polar surface area (TPSA) is 12.9 Å². The van der Waals surface area contributed by atoms with E-state index in [9.17, 15) is 4.39 Å². The predicted molar refractivity (Wildman–Crippen MR) is 36.5 cm³/mol. The summed E-state index contributed by atoms with van der Waals surface area (Å²) in [4.78, 5) is 2.80. The average molecular weight is 186 g/mol. The largest absolute Gasteiger partial charge is 0.229 e. The van der Waals surface area contributed by atoms with E-state index in [0.29, 0.717) is 0 Å². The van der Waals surface area contributed by atoms with Crippen molar-refractivity contribution in [1.82, 2.24) is 4.98 Å². The third-order valence-electron chi connectivity index (χ3n) is 0.747. The van der Waals surface area contributed by atoms with Gasteiger partial charge >= 0.3 is 0 Å². The van der Waals surface area contributed by atoms with Crippen molar-refractivity contribution in [1.29, 1.82) is 0 Å². The molecule has 0 atom stereocenters. The van der Waals surface area contributed by atoms with Gasteiger partial charge in [0.05, 0.1) is 10.4 Å². The van der Waals surface area contributed by atoms with Crippen molar-refractivity contribution in [3.63, 3.8) is 0 Å². The van der Waals surface area contributed by atoms with E-state index in [1.807, 2.05) is 0 Å². The van der Waals surface area contributed by atoms with E-state index >= 15 is 0 Å². The van der Waals surface area contributed by atoms with Crippen molar-refractivity contribution in [2.75, 3.05) is 0 Å². The molecule has 0 unspecified atom stereocenters. The fraction of sp³-hybridized carbons (Fsp3) is 0.250. The summed E-state index contributed by atoms with van der Waals surface area (Å²) in [5.74, 6) is -0.574. The summed E-state index contributed by atoms with van der Waals surface area (Å²) in [6.07, 6.45) is 0. The van der Waals surface area contributed by atoms with Crippen LogP contribution in [0.15, 0.2) is 5.51 Å². The zero-order valence-electron chi connectivity index (χ0n) is 4.14. The lowest BCUT2D eigenvalue weighted by atomic mass is 10.6. The SMILES string of the molecule is Fc1ncsc1C(Cl)Cl. The second-order valence-corrected chi connectivity index (χ2v) is 3.29. The van der Waals surface area contributed by atoms with Crippen molar-refractivity contribution < 1.29 is 4.39 Å². The summed E-state index contributed by atoms with van der Waals surface area (Å²) in [6.45, 7) is 0. The molecule has 0 aliphatic heterocycles. The van der Waals surface area contributed by atoms with Crippen molar-refractivity contribution in [2.45, 2.75) is 4.84 Å². The number of halogens is 3. The van der Waals surface area contributed by atoms with Crippen molar-refractivity contribution in [2.24, 2.45) is 0 Å². The Hall–Kier alpha value is 0.140. The second-order valence-electron chi connectivity index (χ2n) is 1.31. The maximum absolute atomic E-state index is 12.3. The van der Waals surface area contributed by atoms with Crippen molar-refractivity contribution in [3.8, 4) is 0 Å². The molecule has 0 N–H and O–H groups in total. The number of thiazole rings is 1. The summed E-state index contributed by atoms with van der Waals surface area (Å²) in [7, 11) is 0. The van der Waals surface area contributed by atoms with Gasteiger partial charge in [0.15, 0.2) is 0 Å². The summed E-state index contributed by atoms with van der Waals surface area (Å²) >= 11 is 11.8.